The van der Waals surface area contributed by atoms with Gasteiger partial charge in [0.2, 0.25) is 0 Å². The predicted octanol–water partition coefficient (Wildman–Crippen LogP) is 2.58. The molecule has 1 saturated carbocycles. The van der Waals surface area contributed by atoms with E-state index < -0.39 is 0 Å². The van der Waals surface area contributed by atoms with Crippen molar-refractivity contribution in [3.8, 4) is 0 Å². The van der Waals surface area contributed by atoms with Crippen molar-refractivity contribution in [3.05, 3.63) is 0 Å². The fraction of sp³-hybridized carbons (Fsp3) is 1.00. The minimum absolute atomic E-state index is 0.0602. The lowest BCUT2D eigenvalue weighted by Crippen LogP contribution is -2.40. The fourth-order valence-electron chi connectivity index (χ4n) is 3.04. The van der Waals surface area contributed by atoms with Crippen molar-refractivity contribution in [3.63, 3.8) is 0 Å². The van der Waals surface area contributed by atoms with Crippen LogP contribution in [0.15, 0.2) is 0 Å². The summed E-state index contributed by atoms with van der Waals surface area (Å²) in [5.41, 5.74) is -0.0602. The summed E-state index contributed by atoms with van der Waals surface area (Å²) in [7, 11) is 1.77. The average molecular weight is 257 g/mol. The second kappa shape index (κ2) is 7.46. The molecule has 0 saturated heterocycles. The van der Waals surface area contributed by atoms with Crippen LogP contribution < -0.4 is 5.32 Å². The fourth-order valence-corrected chi connectivity index (χ4v) is 3.04. The molecule has 3 unspecified atom stereocenters. The van der Waals surface area contributed by atoms with Gasteiger partial charge in [0, 0.05) is 19.8 Å². The van der Waals surface area contributed by atoms with E-state index in [0.717, 1.165) is 13.0 Å². The van der Waals surface area contributed by atoms with Gasteiger partial charge in [0.15, 0.2) is 0 Å². The summed E-state index contributed by atoms with van der Waals surface area (Å²) < 4.78 is 5.46. The molecular weight excluding hydrogens is 226 g/mol. The molecule has 2 N–H and O–H groups in total. The van der Waals surface area contributed by atoms with E-state index in [1.807, 2.05) is 0 Å². The van der Waals surface area contributed by atoms with E-state index in [1.165, 1.54) is 25.7 Å². The van der Waals surface area contributed by atoms with Crippen molar-refractivity contribution >= 4 is 0 Å². The zero-order chi connectivity index (χ0) is 13.6. The standard InChI is InChI=1S/C15H31NO2/c1-12(9-15(2,3)18-4)16-10-13-7-5-6-8-14(13)11-17/h12-14,16-17H,5-11H2,1-4H3. The summed E-state index contributed by atoms with van der Waals surface area (Å²) in [6, 6.07) is 0.459. The summed E-state index contributed by atoms with van der Waals surface area (Å²) in [6.07, 6.45) is 6.08. The zero-order valence-electron chi connectivity index (χ0n) is 12.5. The Balaban J connectivity index is 2.30. The molecular formula is C15H31NO2. The van der Waals surface area contributed by atoms with Crippen LogP contribution in [0.5, 0.6) is 0 Å². The van der Waals surface area contributed by atoms with Gasteiger partial charge in [-0.3, -0.25) is 0 Å². The van der Waals surface area contributed by atoms with Crippen LogP contribution in [0.2, 0.25) is 0 Å². The minimum Gasteiger partial charge on any atom is -0.396 e. The van der Waals surface area contributed by atoms with Crippen LogP contribution in [0.3, 0.4) is 0 Å². The molecule has 0 heterocycles. The maximum atomic E-state index is 9.40. The smallest absolute Gasteiger partial charge is 0.0637 e. The monoisotopic (exact) mass is 257 g/mol. The number of hydrogen-bond donors (Lipinski definition) is 2. The molecule has 0 amide bonds. The van der Waals surface area contributed by atoms with Crippen LogP contribution in [0.4, 0.5) is 0 Å². The molecule has 0 radical (unpaired) electrons. The van der Waals surface area contributed by atoms with Gasteiger partial charge in [0.1, 0.15) is 0 Å². The van der Waals surface area contributed by atoms with E-state index in [0.29, 0.717) is 24.5 Å². The molecule has 108 valence electrons. The molecule has 3 heteroatoms. The highest BCUT2D eigenvalue weighted by atomic mass is 16.5. The summed E-state index contributed by atoms with van der Waals surface area (Å²) in [6.45, 7) is 7.86. The normalized spacial score (nSPS) is 27.2. The highest BCUT2D eigenvalue weighted by molar-refractivity contribution is 4.80. The van der Waals surface area contributed by atoms with Crippen molar-refractivity contribution in [1.82, 2.24) is 5.32 Å². The number of aliphatic hydroxyl groups is 1. The number of hydrogen-bond acceptors (Lipinski definition) is 3. The van der Waals surface area contributed by atoms with Crippen molar-refractivity contribution < 1.29 is 9.84 Å². The van der Waals surface area contributed by atoms with Crippen molar-refractivity contribution in [2.75, 3.05) is 20.3 Å². The molecule has 0 aliphatic heterocycles. The van der Waals surface area contributed by atoms with E-state index in [-0.39, 0.29) is 5.60 Å². The first-order valence-corrected chi connectivity index (χ1v) is 7.38. The second-order valence-electron chi connectivity index (χ2n) is 6.46. The van der Waals surface area contributed by atoms with Gasteiger partial charge in [-0.1, -0.05) is 12.8 Å². The van der Waals surface area contributed by atoms with Crippen LogP contribution in [0.25, 0.3) is 0 Å². The van der Waals surface area contributed by atoms with Crippen LogP contribution in [-0.2, 0) is 4.74 Å². The molecule has 1 aliphatic carbocycles. The molecule has 0 bridgehead atoms. The van der Waals surface area contributed by atoms with Gasteiger partial charge in [0.25, 0.3) is 0 Å². The highest BCUT2D eigenvalue weighted by Crippen LogP contribution is 2.29. The van der Waals surface area contributed by atoms with Gasteiger partial charge in [0.05, 0.1) is 5.60 Å². The number of nitrogens with one attached hydrogen (secondary N) is 1. The minimum atomic E-state index is -0.0602. The van der Waals surface area contributed by atoms with E-state index in [1.54, 1.807) is 7.11 Å². The summed E-state index contributed by atoms with van der Waals surface area (Å²) >= 11 is 0. The summed E-state index contributed by atoms with van der Waals surface area (Å²) in [5.74, 6) is 1.16. The molecule has 0 spiro atoms. The molecule has 0 aromatic carbocycles. The third-order valence-corrected chi connectivity index (χ3v) is 4.38. The molecule has 0 aromatic heterocycles. The quantitative estimate of drug-likeness (QED) is 0.736. The molecule has 18 heavy (non-hydrogen) atoms. The molecule has 3 atom stereocenters. The Morgan fingerprint density at radius 3 is 2.44 bits per heavy atom. The lowest BCUT2D eigenvalue weighted by molar-refractivity contribution is 0.00767. The van der Waals surface area contributed by atoms with Crippen LogP contribution in [0, 0.1) is 11.8 Å². The van der Waals surface area contributed by atoms with Gasteiger partial charge in [-0.05, 0) is 58.4 Å². The van der Waals surface area contributed by atoms with Crippen molar-refractivity contribution in [1.29, 1.82) is 0 Å². The summed E-state index contributed by atoms with van der Waals surface area (Å²) in [5, 5.41) is 13.0. The molecule has 3 nitrogen and oxygen atoms in total. The number of ether oxygens (including phenoxy) is 1. The van der Waals surface area contributed by atoms with Crippen LogP contribution in [-0.4, -0.2) is 37.0 Å². The molecule has 1 fully saturated rings. The maximum absolute atomic E-state index is 9.40. The Kier molecular flexibility index (Phi) is 6.61. The third kappa shape index (κ3) is 5.25. The second-order valence-corrected chi connectivity index (χ2v) is 6.46. The number of rotatable bonds is 7. The van der Waals surface area contributed by atoms with Gasteiger partial charge >= 0.3 is 0 Å². The Morgan fingerprint density at radius 1 is 1.28 bits per heavy atom. The van der Waals surface area contributed by atoms with Gasteiger partial charge in [-0.25, -0.2) is 0 Å². The Bertz CT molecular complexity index is 231. The van der Waals surface area contributed by atoms with E-state index >= 15 is 0 Å². The van der Waals surface area contributed by atoms with Gasteiger partial charge in [-0.15, -0.1) is 0 Å². The lowest BCUT2D eigenvalue weighted by Gasteiger charge is -2.33. The van der Waals surface area contributed by atoms with Gasteiger partial charge < -0.3 is 15.2 Å². The SMILES string of the molecule is COC(C)(C)CC(C)NCC1CCCCC1CO. The predicted molar refractivity (Wildman–Crippen MR) is 75.7 cm³/mol. The first kappa shape index (κ1) is 15.9. The Labute approximate surface area is 112 Å². The van der Waals surface area contributed by atoms with E-state index in [2.05, 4.69) is 26.1 Å². The first-order chi connectivity index (χ1) is 8.48. The zero-order valence-corrected chi connectivity index (χ0v) is 12.5. The highest BCUT2D eigenvalue weighted by Gasteiger charge is 2.25. The van der Waals surface area contributed by atoms with Crippen molar-refractivity contribution in [2.24, 2.45) is 11.8 Å². The van der Waals surface area contributed by atoms with Crippen LogP contribution in [0.1, 0.15) is 52.9 Å². The Hall–Kier alpha value is -0.120. The average Bonchev–Trinajstić information content (AvgIpc) is 2.36. The lowest BCUT2D eigenvalue weighted by atomic mass is 9.79. The maximum Gasteiger partial charge on any atom is 0.0637 e. The molecule has 1 aliphatic rings. The van der Waals surface area contributed by atoms with Crippen LogP contribution >= 0.6 is 0 Å². The van der Waals surface area contributed by atoms with Crippen molar-refractivity contribution in [2.45, 2.75) is 64.5 Å². The Morgan fingerprint density at radius 2 is 1.89 bits per heavy atom. The largest absolute Gasteiger partial charge is 0.396 e. The number of methoxy groups -OCH3 is 1. The molecule has 0 aromatic rings. The molecule has 1 rings (SSSR count). The van der Waals surface area contributed by atoms with Gasteiger partial charge in [-0.2, -0.15) is 0 Å². The summed E-state index contributed by atoms with van der Waals surface area (Å²) in [4.78, 5) is 0. The third-order valence-electron chi connectivity index (χ3n) is 4.38. The first-order valence-electron chi connectivity index (χ1n) is 7.38. The topological polar surface area (TPSA) is 41.5 Å². The number of aliphatic hydroxyl groups excluding tert-OH is 1. The van der Waals surface area contributed by atoms with E-state index in [4.69, 9.17) is 4.74 Å². The van der Waals surface area contributed by atoms with E-state index in [9.17, 15) is 5.11 Å².